The Morgan fingerprint density at radius 3 is 2.47 bits per heavy atom. The van der Waals surface area contributed by atoms with Crippen LogP contribution in [-0.2, 0) is 22.7 Å². The number of aliphatic hydroxyl groups excluding tert-OH is 1. The van der Waals surface area contributed by atoms with Crippen molar-refractivity contribution in [1.29, 1.82) is 0 Å². The summed E-state index contributed by atoms with van der Waals surface area (Å²) in [6.45, 7) is 2.46. The molecule has 0 aromatic heterocycles. The van der Waals surface area contributed by atoms with E-state index in [2.05, 4.69) is 17.0 Å². The fraction of sp³-hybridized carbons (Fsp3) is 0.391. The van der Waals surface area contributed by atoms with E-state index in [4.69, 9.17) is 11.6 Å². The number of piperazine rings is 1. The van der Waals surface area contributed by atoms with Crippen molar-refractivity contribution in [2.75, 3.05) is 19.6 Å². The number of nitrogens with zero attached hydrogens (tertiary/aromatic N) is 3. The molecule has 0 radical (unpaired) electrons. The third-order valence-corrected chi connectivity index (χ3v) is 6.71. The molecule has 3 aliphatic heterocycles. The number of hydrogen-bond donors (Lipinski definition) is 1. The van der Waals surface area contributed by atoms with E-state index in [0.29, 0.717) is 31.1 Å². The Hall–Kier alpha value is -2.25. The molecule has 1 spiro atoms. The zero-order chi connectivity index (χ0) is 20.9. The lowest BCUT2D eigenvalue weighted by atomic mass is 9.82. The quantitative estimate of drug-likeness (QED) is 0.758. The predicted octanol–water partition coefficient (Wildman–Crippen LogP) is 1.90. The Morgan fingerprint density at radius 2 is 1.73 bits per heavy atom. The molecule has 3 fully saturated rings. The topological polar surface area (TPSA) is 64.1 Å². The van der Waals surface area contributed by atoms with E-state index < -0.39 is 17.7 Å². The minimum absolute atomic E-state index is 0.165. The van der Waals surface area contributed by atoms with E-state index in [-0.39, 0.29) is 18.4 Å². The average Bonchev–Trinajstić information content (AvgIpc) is 3.10. The highest BCUT2D eigenvalue weighted by Crippen LogP contribution is 2.41. The van der Waals surface area contributed by atoms with Crippen LogP contribution in [0.15, 0.2) is 54.6 Å². The Labute approximate surface area is 180 Å². The van der Waals surface area contributed by atoms with Crippen molar-refractivity contribution in [2.45, 2.75) is 37.2 Å². The van der Waals surface area contributed by atoms with Crippen LogP contribution >= 0.6 is 11.6 Å². The van der Waals surface area contributed by atoms with Gasteiger partial charge in [0.15, 0.2) is 0 Å². The van der Waals surface area contributed by atoms with E-state index in [1.807, 2.05) is 35.2 Å². The highest BCUT2D eigenvalue weighted by molar-refractivity contribution is 6.30. The molecule has 5 rings (SSSR count). The van der Waals surface area contributed by atoms with Crippen LogP contribution in [0.5, 0.6) is 0 Å². The van der Waals surface area contributed by atoms with Crippen LogP contribution in [0.25, 0.3) is 0 Å². The van der Waals surface area contributed by atoms with E-state index in [1.165, 1.54) is 10.5 Å². The normalized spacial score (nSPS) is 26.1. The Kier molecular flexibility index (Phi) is 4.90. The van der Waals surface area contributed by atoms with Gasteiger partial charge in [0.1, 0.15) is 5.54 Å². The molecule has 1 N–H and O–H groups in total. The zero-order valence-electron chi connectivity index (χ0n) is 16.6. The van der Waals surface area contributed by atoms with Gasteiger partial charge in [-0.25, -0.2) is 0 Å². The second-order valence-corrected chi connectivity index (χ2v) is 9.02. The summed E-state index contributed by atoms with van der Waals surface area (Å²) in [5.41, 5.74) is 1.27. The monoisotopic (exact) mass is 425 g/mol. The number of halogens is 1. The highest BCUT2D eigenvalue weighted by atomic mass is 35.5. The lowest BCUT2D eigenvalue weighted by Crippen LogP contribution is -2.81. The third kappa shape index (κ3) is 3.24. The SMILES string of the molecule is O=C1[C@@H]2C[C@@H](O)CN2C2(CN(Cc3ccccc3)C2)C(=O)N1Cc1cccc(Cl)c1. The maximum Gasteiger partial charge on any atom is 0.252 e. The summed E-state index contributed by atoms with van der Waals surface area (Å²) in [4.78, 5) is 32.3. The van der Waals surface area contributed by atoms with Crippen molar-refractivity contribution in [3.8, 4) is 0 Å². The summed E-state index contributed by atoms with van der Waals surface area (Å²) < 4.78 is 0. The van der Waals surface area contributed by atoms with Gasteiger partial charge in [-0.2, -0.15) is 0 Å². The van der Waals surface area contributed by atoms with Gasteiger partial charge in [-0.05, 0) is 29.7 Å². The van der Waals surface area contributed by atoms with Crippen molar-refractivity contribution in [3.63, 3.8) is 0 Å². The number of imide groups is 1. The minimum atomic E-state index is -0.747. The van der Waals surface area contributed by atoms with Gasteiger partial charge in [-0.3, -0.25) is 24.3 Å². The predicted molar refractivity (Wildman–Crippen MR) is 113 cm³/mol. The first-order valence-corrected chi connectivity index (χ1v) is 10.7. The molecule has 2 aromatic rings. The van der Waals surface area contributed by atoms with Crippen molar-refractivity contribution < 1.29 is 14.7 Å². The maximum atomic E-state index is 13.6. The number of carbonyl (C=O) groups is 2. The molecule has 6 nitrogen and oxygen atoms in total. The molecule has 2 aromatic carbocycles. The van der Waals surface area contributed by atoms with Crippen LogP contribution in [0.3, 0.4) is 0 Å². The third-order valence-electron chi connectivity index (χ3n) is 6.47. The smallest absolute Gasteiger partial charge is 0.252 e. The summed E-state index contributed by atoms with van der Waals surface area (Å²) in [6, 6.07) is 17.0. The van der Waals surface area contributed by atoms with Gasteiger partial charge in [0.05, 0.1) is 18.7 Å². The van der Waals surface area contributed by atoms with E-state index in [1.54, 1.807) is 12.1 Å². The van der Waals surface area contributed by atoms with Gasteiger partial charge in [0, 0.05) is 31.2 Å². The first kappa shape index (κ1) is 19.7. The van der Waals surface area contributed by atoms with Gasteiger partial charge in [-0.1, -0.05) is 54.1 Å². The van der Waals surface area contributed by atoms with Crippen LogP contribution in [0.1, 0.15) is 17.5 Å². The zero-order valence-corrected chi connectivity index (χ0v) is 17.3. The van der Waals surface area contributed by atoms with Gasteiger partial charge in [0.2, 0.25) is 5.91 Å². The first-order valence-electron chi connectivity index (χ1n) is 10.3. The summed E-state index contributed by atoms with van der Waals surface area (Å²) in [5.74, 6) is -0.384. The second kappa shape index (κ2) is 7.46. The largest absolute Gasteiger partial charge is 0.392 e. The molecule has 0 saturated carbocycles. The van der Waals surface area contributed by atoms with Crippen molar-refractivity contribution in [1.82, 2.24) is 14.7 Å². The molecule has 30 heavy (non-hydrogen) atoms. The van der Waals surface area contributed by atoms with Crippen LogP contribution in [0.2, 0.25) is 5.02 Å². The van der Waals surface area contributed by atoms with Gasteiger partial charge in [0.25, 0.3) is 5.91 Å². The number of carbonyl (C=O) groups excluding carboxylic acids is 2. The van der Waals surface area contributed by atoms with E-state index in [0.717, 1.165) is 12.1 Å². The minimum Gasteiger partial charge on any atom is -0.392 e. The first-order chi connectivity index (χ1) is 14.5. The molecule has 2 amide bonds. The fourth-order valence-corrected chi connectivity index (χ4v) is 5.32. The number of benzene rings is 2. The molecule has 2 atom stereocenters. The summed E-state index contributed by atoms with van der Waals surface area (Å²) in [7, 11) is 0. The summed E-state index contributed by atoms with van der Waals surface area (Å²) in [6.07, 6.45) is -0.212. The molecule has 0 bridgehead atoms. The average molecular weight is 426 g/mol. The lowest BCUT2D eigenvalue weighted by Gasteiger charge is -2.58. The molecule has 3 saturated heterocycles. The summed E-state index contributed by atoms with van der Waals surface area (Å²) in [5, 5.41) is 10.9. The molecule has 0 unspecified atom stereocenters. The molecule has 0 aliphatic carbocycles. The van der Waals surface area contributed by atoms with E-state index >= 15 is 0 Å². The molecule has 3 aliphatic rings. The number of hydrogen-bond acceptors (Lipinski definition) is 5. The van der Waals surface area contributed by atoms with E-state index in [9.17, 15) is 14.7 Å². The molecular formula is C23H24ClN3O3. The van der Waals surface area contributed by atoms with Crippen LogP contribution in [-0.4, -0.2) is 68.9 Å². The number of likely N-dealkylation sites (tertiary alicyclic amines) is 1. The Morgan fingerprint density at radius 1 is 1.00 bits per heavy atom. The van der Waals surface area contributed by atoms with Crippen LogP contribution < -0.4 is 0 Å². The molecule has 3 heterocycles. The van der Waals surface area contributed by atoms with Crippen LogP contribution in [0, 0.1) is 0 Å². The van der Waals surface area contributed by atoms with Crippen molar-refractivity contribution >= 4 is 23.4 Å². The van der Waals surface area contributed by atoms with Crippen LogP contribution in [0.4, 0.5) is 0 Å². The molecule has 156 valence electrons. The number of rotatable bonds is 4. The van der Waals surface area contributed by atoms with Crippen molar-refractivity contribution in [2.24, 2.45) is 0 Å². The number of aliphatic hydroxyl groups is 1. The van der Waals surface area contributed by atoms with Gasteiger partial charge < -0.3 is 5.11 Å². The fourth-order valence-electron chi connectivity index (χ4n) is 5.11. The lowest BCUT2D eigenvalue weighted by molar-refractivity contribution is -0.181. The Bertz CT molecular complexity index is 977. The Balaban J connectivity index is 1.40. The van der Waals surface area contributed by atoms with Crippen molar-refractivity contribution in [3.05, 3.63) is 70.7 Å². The number of amides is 2. The maximum absolute atomic E-state index is 13.6. The molecular weight excluding hydrogens is 402 g/mol. The number of β-amino-alcohol motifs (C(OH)–C–C–N with tert-alkyl or cyclic N) is 1. The standard InChI is InChI=1S/C23H24ClN3O3/c24-18-8-4-7-17(9-18)12-26-21(29)20-10-19(28)13-27(20)23(22(26)30)14-25(15-23)11-16-5-2-1-3-6-16/h1-9,19-20,28H,10-15H2/t19-,20+/m1/s1. The van der Waals surface area contributed by atoms with Gasteiger partial charge >= 0.3 is 0 Å². The highest BCUT2D eigenvalue weighted by Gasteiger charge is 2.64. The summed E-state index contributed by atoms with van der Waals surface area (Å²) >= 11 is 6.10. The number of fused-ring (bicyclic) bond motifs is 2. The second-order valence-electron chi connectivity index (χ2n) is 8.58. The van der Waals surface area contributed by atoms with Gasteiger partial charge in [-0.15, -0.1) is 0 Å². The molecule has 7 heteroatoms.